The van der Waals surface area contributed by atoms with Crippen LogP contribution in [-0.4, -0.2) is 141 Å². The molecule has 0 radical (unpaired) electrons. The van der Waals surface area contributed by atoms with Crippen LogP contribution in [0.2, 0.25) is 0 Å². The second-order valence-corrected chi connectivity index (χ2v) is 24.3. The lowest BCUT2D eigenvalue weighted by atomic mass is 9.62. The van der Waals surface area contributed by atoms with Crippen molar-refractivity contribution in [1.82, 2.24) is 31.9 Å². The van der Waals surface area contributed by atoms with Crippen LogP contribution in [0.3, 0.4) is 0 Å². The summed E-state index contributed by atoms with van der Waals surface area (Å²) in [6.07, 6.45) is 6.79. The van der Waals surface area contributed by atoms with Crippen molar-refractivity contribution < 1.29 is 89.0 Å². The molecule has 0 aromatic carbocycles. The fourth-order valence-corrected chi connectivity index (χ4v) is 10.5. The predicted molar refractivity (Wildman–Crippen MR) is 325 cm³/mol. The van der Waals surface area contributed by atoms with Crippen LogP contribution in [-0.2, 0) is 42.6 Å². The van der Waals surface area contributed by atoms with Gasteiger partial charge < -0.3 is 74.5 Å². The first-order valence-electron chi connectivity index (χ1n) is 30.0. The Morgan fingerprint density at radius 2 is 0.851 bits per heavy atom. The van der Waals surface area contributed by atoms with E-state index in [0.29, 0.717) is 110 Å². The normalized spacial score (nSPS) is 19.1. The monoisotopic (exact) mass is 1250 g/mol. The zero-order chi connectivity index (χ0) is 66.0. The summed E-state index contributed by atoms with van der Waals surface area (Å²) >= 11 is 0. The van der Waals surface area contributed by atoms with E-state index in [4.69, 9.17) is 33.2 Å². The van der Waals surface area contributed by atoms with Crippen molar-refractivity contribution >= 4 is 36.6 Å². The molecule has 0 saturated heterocycles. The van der Waals surface area contributed by atoms with E-state index in [1.165, 1.54) is 0 Å². The van der Waals surface area contributed by atoms with Gasteiger partial charge in [0, 0.05) is 25.2 Å². The van der Waals surface area contributed by atoms with Gasteiger partial charge in [-0.2, -0.15) is 8.78 Å². The summed E-state index contributed by atoms with van der Waals surface area (Å²) in [4.78, 5) is 71.9. The van der Waals surface area contributed by atoms with Crippen LogP contribution >= 0.6 is 0 Å². The van der Waals surface area contributed by atoms with E-state index in [1.54, 1.807) is 20.8 Å². The molecule has 0 spiro atoms. The van der Waals surface area contributed by atoms with Crippen LogP contribution in [0.15, 0.2) is 61.6 Å². The smallest absolute Gasteiger partial charge is 0.412 e. The van der Waals surface area contributed by atoms with Crippen molar-refractivity contribution in [2.75, 3.05) is 86.2 Å². The van der Waals surface area contributed by atoms with E-state index in [2.05, 4.69) is 102 Å². The van der Waals surface area contributed by atoms with E-state index in [9.17, 15) is 46.3 Å². The Bertz CT molecular complexity index is 2140. The van der Waals surface area contributed by atoms with E-state index in [-0.39, 0.29) is 59.9 Å². The number of rotatable bonds is 38. The lowest BCUT2D eigenvalue weighted by molar-refractivity contribution is -0.256. The summed E-state index contributed by atoms with van der Waals surface area (Å²) in [6, 6.07) is -0.458. The van der Waals surface area contributed by atoms with Gasteiger partial charge in [-0.3, -0.25) is 4.39 Å². The molecule has 21 nitrogen and oxygen atoms in total. The molecule has 0 heterocycles. The van der Waals surface area contributed by atoms with Crippen molar-refractivity contribution in [3.8, 4) is 0 Å². The Morgan fingerprint density at radius 3 is 1.21 bits per heavy atom. The molecule has 0 aliphatic heterocycles. The van der Waals surface area contributed by atoms with Crippen molar-refractivity contribution in [3.63, 3.8) is 0 Å². The molecule has 2 saturated carbocycles. The van der Waals surface area contributed by atoms with Gasteiger partial charge in [0.15, 0.2) is 6.61 Å². The van der Waals surface area contributed by atoms with E-state index >= 15 is 0 Å². The number of allylic oxidation sites excluding steroid dienone is 2. The topological polar surface area (TPSA) is 258 Å². The minimum Gasteiger partial charge on any atom is -0.492 e. The van der Waals surface area contributed by atoms with Crippen molar-refractivity contribution in [3.05, 3.63) is 61.6 Å². The van der Waals surface area contributed by atoms with Gasteiger partial charge in [0.05, 0.1) is 53.3 Å². The summed E-state index contributed by atoms with van der Waals surface area (Å²) in [5, 5.41) is 16.4. The molecule has 2 rings (SSSR count). The highest BCUT2D eigenvalue weighted by Gasteiger charge is 2.44. The number of hydrogen-bond acceptors (Lipinski definition) is 15. The van der Waals surface area contributed by atoms with Crippen LogP contribution in [0.4, 0.5) is 46.3 Å². The van der Waals surface area contributed by atoms with Gasteiger partial charge in [0.1, 0.15) is 37.3 Å². The number of nitrogens with one attached hydrogen (secondary N) is 6. The third-order valence-corrected chi connectivity index (χ3v) is 13.7. The predicted octanol–water partition coefficient (Wildman–Crippen LogP) is 13.7. The van der Waals surface area contributed by atoms with Gasteiger partial charge in [-0.1, -0.05) is 113 Å². The SMILES string of the molecule is C=C(C)C(=C)OCCNC(=O)OCCCCCCCOC(=O)NCC1(C)CC(NC(=O)O/C=C/F)CC(C)(C)C1.C=C(C)C(=C)OCCNC(=O)OCCCCCCCOC(=O)NCC1(C)CC(NC(=O)OCC(F)(F)OCCC)CC(C)(C)C1.CF. The molecule has 87 heavy (non-hydrogen) atoms. The number of alkyl carbamates (subject to hydrolysis) is 6. The average molecular weight is 1250 g/mol. The fraction of sp³-hybridized carbons (Fsp3) is 0.742. The molecule has 4 atom stereocenters. The van der Waals surface area contributed by atoms with Crippen molar-refractivity contribution in [2.45, 2.75) is 190 Å². The lowest BCUT2D eigenvalue weighted by Gasteiger charge is -2.46. The first-order valence-corrected chi connectivity index (χ1v) is 30.0. The Kier molecular flexibility index (Phi) is 40.9. The Labute approximate surface area is 515 Å². The van der Waals surface area contributed by atoms with Crippen molar-refractivity contribution in [1.29, 1.82) is 0 Å². The third-order valence-electron chi connectivity index (χ3n) is 13.7. The Balaban J connectivity index is 0.00000166. The molecular weight excluding hydrogens is 1140 g/mol. The first kappa shape index (κ1) is 80.6. The maximum Gasteiger partial charge on any atom is 0.412 e. The number of ether oxygens (including phenoxy) is 9. The van der Waals surface area contributed by atoms with Gasteiger partial charge in [0.25, 0.3) is 0 Å². The molecule has 6 amide bonds. The van der Waals surface area contributed by atoms with Gasteiger partial charge in [-0.05, 0) is 117 Å². The summed E-state index contributed by atoms with van der Waals surface area (Å²) in [7, 11) is 0.500. The number of hydrogen-bond donors (Lipinski definition) is 6. The molecule has 0 bridgehead atoms. The molecule has 2 fully saturated rings. The second-order valence-electron chi connectivity index (χ2n) is 24.3. The molecular formula is C62H106F4N6O15. The summed E-state index contributed by atoms with van der Waals surface area (Å²) in [5.41, 5.74) is 0.664. The van der Waals surface area contributed by atoms with Crippen LogP contribution < -0.4 is 31.9 Å². The average Bonchev–Trinajstić information content (AvgIpc) is 1.14. The number of alkyl halides is 3. The van der Waals surface area contributed by atoms with Crippen molar-refractivity contribution in [2.24, 2.45) is 21.7 Å². The number of unbranched alkanes of at least 4 members (excludes halogenated alkanes) is 8. The second kappa shape index (κ2) is 44.1. The number of amides is 6. The van der Waals surface area contributed by atoms with Gasteiger partial charge in [-0.25, -0.2) is 33.2 Å². The maximum atomic E-state index is 13.7. The van der Waals surface area contributed by atoms with Crippen LogP contribution in [0, 0.1) is 21.7 Å². The van der Waals surface area contributed by atoms with E-state index < -0.39 is 49.3 Å². The summed E-state index contributed by atoms with van der Waals surface area (Å²) in [5.74, 6) is 0.988. The molecule has 2 aliphatic carbocycles. The standard InChI is InChI=1S/C32H55F2N3O8.C29H48FN3O7.CH3F/c1-8-15-45-32(33,34)23-44-29(40)37-26-19-30(5,6)21-31(7,20-26)22-36-28(39)43-17-13-11-9-10-12-16-42-27(38)35-14-18-41-25(4)24(2)3;1-22(2)23(3)37-17-13-31-25(34)38-14-10-8-7-9-11-15-39-26(35)32-21-29(6)19-24(18-28(4,5)20-29)33-27(36)40-16-12-30;1-2/h26H,2,4,8-23H2,1,3,5-7H3,(H,35,38)(H,36,39)(H,37,40);12,16,24H,1,3,7-11,13-15,17-21H2,2,4-6H3,(H,31,34)(H,32,35)(H,33,36);1H3/b;16-12+;. The lowest BCUT2D eigenvalue weighted by Crippen LogP contribution is -2.50. The van der Waals surface area contributed by atoms with Gasteiger partial charge in [-0.15, -0.1) is 0 Å². The van der Waals surface area contributed by atoms with Gasteiger partial charge in [0.2, 0.25) is 0 Å². The number of carbonyl (C=O) groups excluding carboxylic acids is 6. The maximum absolute atomic E-state index is 13.7. The van der Waals surface area contributed by atoms with Crippen LogP contribution in [0.25, 0.3) is 0 Å². The highest BCUT2D eigenvalue weighted by molar-refractivity contribution is 5.69. The molecule has 6 N–H and O–H groups in total. The third kappa shape index (κ3) is 42.2. The van der Waals surface area contributed by atoms with Crippen LogP contribution in [0.5, 0.6) is 0 Å². The molecule has 25 heteroatoms. The van der Waals surface area contributed by atoms with E-state index in [1.807, 2.05) is 6.92 Å². The zero-order valence-corrected chi connectivity index (χ0v) is 53.8. The zero-order valence-electron chi connectivity index (χ0n) is 53.8. The molecule has 0 aromatic heterocycles. The quantitative estimate of drug-likeness (QED) is 0.0110. The highest BCUT2D eigenvalue weighted by Crippen LogP contribution is 2.47. The molecule has 4 unspecified atom stereocenters. The summed E-state index contributed by atoms with van der Waals surface area (Å²) in [6.45, 7) is 34.6. The fourth-order valence-electron chi connectivity index (χ4n) is 10.5. The highest BCUT2D eigenvalue weighted by atomic mass is 19.3. The number of halogens is 4. The summed E-state index contributed by atoms with van der Waals surface area (Å²) < 4.78 is 94.2. The number of carbonyl (C=O) groups is 6. The molecule has 502 valence electrons. The first-order chi connectivity index (χ1) is 40.9. The van der Waals surface area contributed by atoms with Crippen LogP contribution in [0.1, 0.15) is 171 Å². The minimum absolute atomic E-state index is 0.0587. The minimum atomic E-state index is -3.54. The molecule has 0 aromatic rings. The Hall–Kier alpha value is -6.40. The van der Waals surface area contributed by atoms with E-state index in [0.717, 1.165) is 88.2 Å². The Morgan fingerprint density at radius 1 is 0.494 bits per heavy atom. The van der Waals surface area contributed by atoms with Gasteiger partial charge >= 0.3 is 42.7 Å². The molecule has 2 aliphatic rings. The largest absolute Gasteiger partial charge is 0.492 e.